The molecule has 0 aliphatic heterocycles. The predicted molar refractivity (Wildman–Crippen MR) is 91.1 cm³/mol. The number of anilines is 1. The van der Waals surface area contributed by atoms with Crippen LogP contribution in [0.5, 0.6) is 0 Å². The zero-order valence-corrected chi connectivity index (χ0v) is 14.4. The molecule has 1 heterocycles. The molecule has 24 heavy (non-hydrogen) atoms. The summed E-state index contributed by atoms with van der Waals surface area (Å²) in [6, 6.07) is 7.51. The van der Waals surface area contributed by atoms with E-state index < -0.39 is 21.5 Å². The van der Waals surface area contributed by atoms with E-state index in [2.05, 4.69) is 9.71 Å². The van der Waals surface area contributed by atoms with Crippen molar-refractivity contribution in [2.75, 3.05) is 5.73 Å². The Morgan fingerprint density at radius 3 is 2.25 bits per heavy atom. The van der Waals surface area contributed by atoms with Gasteiger partial charge in [0.25, 0.3) is 0 Å². The average molecular weight is 349 g/mol. The van der Waals surface area contributed by atoms with Crippen LogP contribution < -0.4 is 10.5 Å². The van der Waals surface area contributed by atoms with Gasteiger partial charge >= 0.3 is 5.97 Å². The molecule has 0 bridgehead atoms. The summed E-state index contributed by atoms with van der Waals surface area (Å²) in [7, 11) is -3.62. The number of carboxylic acid groups (broad SMARTS) is 1. The Kier molecular flexibility index (Phi) is 4.63. The van der Waals surface area contributed by atoms with Crippen LogP contribution in [0.1, 0.15) is 31.1 Å². The van der Waals surface area contributed by atoms with Crippen molar-refractivity contribution in [1.82, 2.24) is 9.71 Å². The summed E-state index contributed by atoms with van der Waals surface area (Å²) in [5.74, 6) is -1.24. The SMILES string of the molecule is CC(C)(C)NS(=O)(=O)c1ccc(-c2cnc(N)c(C(=O)O)c2)cc1. The van der Waals surface area contributed by atoms with Crippen molar-refractivity contribution >= 4 is 21.8 Å². The van der Waals surface area contributed by atoms with Gasteiger partial charge in [0.2, 0.25) is 10.0 Å². The van der Waals surface area contributed by atoms with Gasteiger partial charge < -0.3 is 10.8 Å². The molecule has 0 spiro atoms. The Morgan fingerprint density at radius 1 is 1.17 bits per heavy atom. The summed E-state index contributed by atoms with van der Waals surface area (Å²) < 4.78 is 27.1. The Morgan fingerprint density at radius 2 is 1.75 bits per heavy atom. The fourth-order valence-corrected chi connectivity index (χ4v) is 3.51. The van der Waals surface area contributed by atoms with Crippen molar-refractivity contribution < 1.29 is 18.3 Å². The second-order valence-electron chi connectivity index (χ2n) is 6.34. The van der Waals surface area contributed by atoms with Crippen molar-refractivity contribution in [2.45, 2.75) is 31.2 Å². The van der Waals surface area contributed by atoms with Gasteiger partial charge in [-0.15, -0.1) is 0 Å². The first-order chi connectivity index (χ1) is 11.0. The zero-order valence-electron chi connectivity index (χ0n) is 13.6. The maximum atomic E-state index is 12.3. The largest absolute Gasteiger partial charge is 0.478 e. The molecule has 2 rings (SSSR count). The van der Waals surface area contributed by atoms with Gasteiger partial charge in [0.05, 0.1) is 4.90 Å². The number of hydrogen-bond acceptors (Lipinski definition) is 5. The number of sulfonamides is 1. The molecule has 1 aromatic heterocycles. The molecule has 0 radical (unpaired) electrons. The first-order valence-corrected chi connectivity index (χ1v) is 8.61. The first-order valence-electron chi connectivity index (χ1n) is 7.13. The Balaban J connectivity index is 2.37. The lowest BCUT2D eigenvalue weighted by molar-refractivity contribution is 0.0697. The van der Waals surface area contributed by atoms with Crippen LogP contribution in [0.3, 0.4) is 0 Å². The summed E-state index contributed by atoms with van der Waals surface area (Å²) in [4.78, 5) is 15.1. The smallest absolute Gasteiger partial charge is 0.339 e. The van der Waals surface area contributed by atoms with E-state index in [0.717, 1.165) is 0 Å². The third-order valence-corrected chi connectivity index (χ3v) is 4.86. The van der Waals surface area contributed by atoms with Gasteiger partial charge in [-0.2, -0.15) is 0 Å². The number of aromatic nitrogens is 1. The monoisotopic (exact) mass is 349 g/mol. The van der Waals surface area contributed by atoms with Crippen LogP contribution in [-0.2, 0) is 10.0 Å². The molecule has 0 aliphatic carbocycles. The van der Waals surface area contributed by atoms with Crippen molar-refractivity contribution in [3.8, 4) is 11.1 Å². The number of nitrogens with two attached hydrogens (primary N) is 1. The van der Waals surface area contributed by atoms with Crippen molar-refractivity contribution in [1.29, 1.82) is 0 Å². The molecule has 128 valence electrons. The van der Waals surface area contributed by atoms with Gasteiger partial charge in [-0.05, 0) is 44.5 Å². The van der Waals surface area contributed by atoms with Crippen LogP contribution in [0.25, 0.3) is 11.1 Å². The highest BCUT2D eigenvalue weighted by Gasteiger charge is 2.22. The number of rotatable bonds is 4. The summed E-state index contributed by atoms with van der Waals surface area (Å²) >= 11 is 0. The van der Waals surface area contributed by atoms with Crippen LogP contribution in [0.2, 0.25) is 0 Å². The topological polar surface area (TPSA) is 122 Å². The van der Waals surface area contributed by atoms with E-state index in [1.54, 1.807) is 32.9 Å². The summed E-state index contributed by atoms with van der Waals surface area (Å²) in [5, 5.41) is 9.09. The van der Waals surface area contributed by atoms with E-state index in [0.29, 0.717) is 11.1 Å². The molecule has 0 saturated heterocycles. The Hall–Kier alpha value is -2.45. The van der Waals surface area contributed by atoms with Gasteiger partial charge in [-0.25, -0.2) is 22.9 Å². The Bertz CT molecular complexity index is 869. The molecule has 0 amide bonds. The van der Waals surface area contributed by atoms with E-state index in [9.17, 15) is 13.2 Å². The third-order valence-electron chi connectivity index (χ3n) is 3.09. The van der Waals surface area contributed by atoms with E-state index in [4.69, 9.17) is 10.8 Å². The molecule has 4 N–H and O–H groups in total. The van der Waals surface area contributed by atoms with Gasteiger partial charge in [0, 0.05) is 17.3 Å². The van der Waals surface area contributed by atoms with Gasteiger partial charge in [0.1, 0.15) is 11.4 Å². The number of nitrogens with one attached hydrogen (secondary N) is 1. The van der Waals surface area contributed by atoms with Crippen molar-refractivity contribution in [2.24, 2.45) is 0 Å². The normalized spacial score (nSPS) is 12.1. The minimum absolute atomic E-state index is 0.0696. The summed E-state index contributed by atoms with van der Waals surface area (Å²) in [5.41, 5.74) is 6.02. The van der Waals surface area contributed by atoms with Gasteiger partial charge in [-0.3, -0.25) is 0 Å². The molecule has 8 heteroatoms. The molecule has 2 aromatic rings. The van der Waals surface area contributed by atoms with Crippen LogP contribution in [0.4, 0.5) is 5.82 Å². The van der Waals surface area contributed by atoms with Crippen molar-refractivity contribution in [3.63, 3.8) is 0 Å². The highest BCUT2D eigenvalue weighted by molar-refractivity contribution is 7.89. The highest BCUT2D eigenvalue weighted by atomic mass is 32.2. The van der Waals surface area contributed by atoms with Crippen LogP contribution >= 0.6 is 0 Å². The fraction of sp³-hybridized carbons (Fsp3) is 0.250. The maximum Gasteiger partial charge on any atom is 0.339 e. The lowest BCUT2D eigenvalue weighted by atomic mass is 10.1. The molecule has 0 fully saturated rings. The second kappa shape index (κ2) is 6.21. The number of carboxylic acids is 1. The van der Waals surface area contributed by atoms with E-state index >= 15 is 0 Å². The predicted octanol–water partition coefficient (Wildman–Crippen LogP) is 2.11. The van der Waals surface area contributed by atoms with E-state index in [1.165, 1.54) is 24.4 Å². The number of aromatic carboxylic acids is 1. The third kappa shape index (κ3) is 4.09. The highest BCUT2D eigenvalue weighted by Crippen LogP contribution is 2.24. The molecule has 0 saturated carbocycles. The molecule has 0 unspecified atom stereocenters. The quantitative estimate of drug-likeness (QED) is 0.777. The first kappa shape index (κ1) is 17.9. The zero-order chi connectivity index (χ0) is 18.1. The number of nitrogens with zero attached hydrogens (tertiary/aromatic N) is 1. The standard InChI is InChI=1S/C16H19N3O4S/c1-16(2,3)19-24(22,23)12-6-4-10(5-7-12)11-8-13(15(20)21)14(17)18-9-11/h4-9,19H,1-3H3,(H2,17,18)(H,20,21). The van der Waals surface area contributed by atoms with E-state index in [-0.39, 0.29) is 16.3 Å². The van der Waals surface area contributed by atoms with E-state index in [1.807, 2.05) is 0 Å². The molecule has 7 nitrogen and oxygen atoms in total. The number of benzene rings is 1. The lowest BCUT2D eigenvalue weighted by Gasteiger charge is -2.20. The summed E-state index contributed by atoms with van der Waals surface area (Å²) in [6.45, 7) is 5.27. The number of hydrogen-bond donors (Lipinski definition) is 3. The number of carbonyl (C=O) groups is 1. The van der Waals surface area contributed by atoms with Crippen LogP contribution in [0, 0.1) is 0 Å². The van der Waals surface area contributed by atoms with Crippen LogP contribution in [0.15, 0.2) is 41.4 Å². The minimum atomic E-state index is -3.62. The number of nitrogen functional groups attached to an aromatic ring is 1. The maximum absolute atomic E-state index is 12.3. The van der Waals surface area contributed by atoms with Crippen LogP contribution in [-0.4, -0.2) is 30.0 Å². The Labute approximate surface area is 140 Å². The molecule has 1 aromatic carbocycles. The van der Waals surface area contributed by atoms with Gasteiger partial charge in [-0.1, -0.05) is 12.1 Å². The average Bonchev–Trinajstić information content (AvgIpc) is 2.45. The molecular formula is C16H19N3O4S. The number of pyridine rings is 1. The second-order valence-corrected chi connectivity index (χ2v) is 8.02. The molecular weight excluding hydrogens is 330 g/mol. The molecule has 0 aliphatic rings. The molecule has 0 atom stereocenters. The fourth-order valence-electron chi connectivity index (χ4n) is 2.09. The van der Waals surface area contributed by atoms with Gasteiger partial charge in [0.15, 0.2) is 0 Å². The van der Waals surface area contributed by atoms with Crippen molar-refractivity contribution in [3.05, 3.63) is 42.1 Å². The lowest BCUT2D eigenvalue weighted by Crippen LogP contribution is -2.40. The summed E-state index contributed by atoms with van der Waals surface area (Å²) in [6.07, 6.45) is 1.44. The minimum Gasteiger partial charge on any atom is -0.478 e.